The Morgan fingerprint density at radius 1 is 0.951 bits per heavy atom. The number of carboxylic acids is 3. The number of rotatable bonds is 11. The number of morpholine rings is 1. The second-order valence-electron chi connectivity index (χ2n) is 12.3. The van der Waals surface area contributed by atoms with Crippen LogP contribution in [-0.4, -0.2) is 117 Å². The highest BCUT2D eigenvalue weighted by Crippen LogP contribution is 2.46. The summed E-state index contributed by atoms with van der Waals surface area (Å²) in [7, 11) is 1.68. The Balaban J connectivity index is 0.000000302. The molecule has 12 heteroatoms. The normalized spacial score (nSPS) is 25.2. The van der Waals surface area contributed by atoms with Gasteiger partial charge in [-0.25, -0.2) is 4.79 Å². The second-order valence-corrected chi connectivity index (χ2v) is 12.3. The highest BCUT2D eigenvalue weighted by molar-refractivity contribution is 5.88. The molecule has 2 unspecified atom stereocenters. The maximum atomic E-state index is 11.5. The van der Waals surface area contributed by atoms with E-state index in [1.807, 2.05) is 24.3 Å². The third-order valence-electron chi connectivity index (χ3n) is 8.20. The van der Waals surface area contributed by atoms with Crippen LogP contribution in [0.5, 0.6) is 5.75 Å². The molecule has 230 valence electrons. The van der Waals surface area contributed by atoms with Crippen molar-refractivity contribution in [2.75, 3.05) is 46.5 Å². The molecule has 2 bridgehead atoms. The summed E-state index contributed by atoms with van der Waals surface area (Å²) in [5, 5.41) is 45.3. The number of benzene rings is 1. The van der Waals surface area contributed by atoms with Crippen LogP contribution >= 0.6 is 0 Å². The van der Waals surface area contributed by atoms with Crippen LogP contribution in [0.15, 0.2) is 24.3 Å². The summed E-state index contributed by atoms with van der Waals surface area (Å²) in [6.45, 7) is 10.8. The first kappa shape index (κ1) is 32.7. The standard InChI is InChI=1S/C23H36N2O3.C6H8O7/c1-22(2,16-24-10-12-28-13-11-24)17-25-19-6-7-20(25)15-23(26,14-19)18-4-8-21(27-3)9-5-18;7-3(8)1-6(13,5(11)12)2-4(9)10/h4-5,8-9,19-20,26H,6-7,10-17H2,1-3H3;13H,1-2H2,(H,7,8)(H,9,10)(H,11,12). The number of methoxy groups -OCH3 is 1. The number of nitrogens with zero attached hydrogens (tertiary/aromatic N) is 2. The highest BCUT2D eigenvalue weighted by atomic mass is 16.5. The molecule has 0 radical (unpaired) electrons. The SMILES string of the molecule is COc1ccc(C2(O)CC3CCC(C2)N3CC(C)(C)CN2CCOCC2)cc1.O=C(O)CC(O)(CC(=O)O)C(=O)O. The van der Waals surface area contributed by atoms with Gasteiger partial charge in [-0.3, -0.25) is 19.4 Å². The molecule has 0 aromatic heterocycles. The molecule has 1 aromatic carbocycles. The number of ether oxygens (including phenoxy) is 2. The molecule has 41 heavy (non-hydrogen) atoms. The number of hydrogen-bond acceptors (Lipinski definition) is 9. The van der Waals surface area contributed by atoms with E-state index in [9.17, 15) is 19.5 Å². The topological polar surface area (TPSA) is 177 Å². The number of piperidine rings is 1. The van der Waals surface area contributed by atoms with E-state index < -0.39 is 42.0 Å². The van der Waals surface area contributed by atoms with Crippen molar-refractivity contribution in [1.29, 1.82) is 0 Å². The van der Waals surface area contributed by atoms with Gasteiger partial charge in [-0.05, 0) is 48.8 Å². The highest BCUT2D eigenvalue weighted by Gasteiger charge is 2.49. The van der Waals surface area contributed by atoms with Crippen LogP contribution in [-0.2, 0) is 24.7 Å². The fraction of sp³-hybridized carbons (Fsp3) is 0.690. The van der Waals surface area contributed by atoms with E-state index in [4.69, 9.17) is 29.9 Å². The van der Waals surface area contributed by atoms with Crippen molar-refractivity contribution in [3.8, 4) is 5.75 Å². The van der Waals surface area contributed by atoms with E-state index in [0.29, 0.717) is 12.1 Å². The van der Waals surface area contributed by atoms with Crippen LogP contribution in [0.2, 0.25) is 0 Å². The number of hydrogen-bond donors (Lipinski definition) is 5. The van der Waals surface area contributed by atoms with Crippen molar-refractivity contribution in [2.24, 2.45) is 5.41 Å². The zero-order valence-electron chi connectivity index (χ0n) is 24.1. The quantitative estimate of drug-likeness (QED) is 0.256. The summed E-state index contributed by atoms with van der Waals surface area (Å²) in [5.41, 5.74) is -2.16. The van der Waals surface area contributed by atoms with E-state index >= 15 is 0 Å². The summed E-state index contributed by atoms with van der Waals surface area (Å²) in [6, 6.07) is 8.97. The Morgan fingerprint density at radius 3 is 1.90 bits per heavy atom. The van der Waals surface area contributed by atoms with Crippen LogP contribution in [0.3, 0.4) is 0 Å². The van der Waals surface area contributed by atoms with Gasteiger partial charge < -0.3 is 35.0 Å². The van der Waals surface area contributed by atoms with Crippen LogP contribution in [0.1, 0.15) is 57.9 Å². The molecule has 3 heterocycles. The maximum Gasteiger partial charge on any atom is 0.336 e. The zero-order valence-corrected chi connectivity index (χ0v) is 24.1. The van der Waals surface area contributed by atoms with Gasteiger partial charge in [0, 0.05) is 38.3 Å². The van der Waals surface area contributed by atoms with Gasteiger partial charge in [-0.1, -0.05) is 26.0 Å². The molecule has 3 fully saturated rings. The summed E-state index contributed by atoms with van der Waals surface area (Å²) in [6.07, 6.45) is 1.80. The number of carbonyl (C=O) groups is 3. The molecule has 1 aromatic rings. The third kappa shape index (κ3) is 8.86. The molecule has 3 aliphatic rings. The van der Waals surface area contributed by atoms with Crippen molar-refractivity contribution in [3.05, 3.63) is 29.8 Å². The zero-order chi connectivity index (χ0) is 30.4. The van der Waals surface area contributed by atoms with E-state index in [1.54, 1.807) is 7.11 Å². The number of aliphatic hydroxyl groups is 2. The third-order valence-corrected chi connectivity index (χ3v) is 8.20. The minimum absolute atomic E-state index is 0.244. The largest absolute Gasteiger partial charge is 0.497 e. The first-order valence-electron chi connectivity index (χ1n) is 14.0. The van der Waals surface area contributed by atoms with Crippen molar-refractivity contribution < 1.29 is 49.4 Å². The first-order valence-corrected chi connectivity index (χ1v) is 14.0. The van der Waals surface area contributed by atoms with Gasteiger partial charge in [0.25, 0.3) is 0 Å². The molecular weight excluding hydrogens is 536 g/mol. The minimum atomic E-state index is -2.74. The number of fused-ring (bicyclic) bond motifs is 2. The molecule has 2 atom stereocenters. The lowest BCUT2D eigenvalue weighted by atomic mass is 9.79. The summed E-state index contributed by atoms with van der Waals surface area (Å²) in [4.78, 5) is 35.7. The monoisotopic (exact) mass is 580 g/mol. The maximum absolute atomic E-state index is 11.5. The molecule has 3 saturated heterocycles. The molecule has 5 N–H and O–H groups in total. The Morgan fingerprint density at radius 2 is 1.46 bits per heavy atom. The molecule has 12 nitrogen and oxygen atoms in total. The Bertz CT molecular complexity index is 1020. The summed E-state index contributed by atoms with van der Waals surface area (Å²) >= 11 is 0. The van der Waals surface area contributed by atoms with Crippen LogP contribution < -0.4 is 4.74 Å². The lowest BCUT2D eigenvalue weighted by Crippen LogP contribution is -2.54. The van der Waals surface area contributed by atoms with Gasteiger partial charge in [-0.15, -0.1) is 0 Å². The Hall–Kier alpha value is -2.77. The van der Waals surface area contributed by atoms with Crippen LogP contribution in [0.4, 0.5) is 0 Å². The van der Waals surface area contributed by atoms with Gasteiger partial charge in [0.1, 0.15) is 5.75 Å². The van der Waals surface area contributed by atoms with E-state index in [-0.39, 0.29) is 5.41 Å². The summed E-state index contributed by atoms with van der Waals surface area (Å²) < 4.78 is 10.8. The predicted octanol–water partition coefficient (Wildman–Crippen LogP) is 1.62. The average Bonchev–Trinajstić information content (AvgIpc) is 3.11. The van der Waals surface area contributed by atoms with Gasteiger partial charge in [0.05, 0.1) is 38.8 Å². The number of carboxylic acid groups (broad SMARTS) is 3. The smallest absolute Gasteiger partial charge is 0.336 e. The van der Waals surface area contributed by atoms with Crippen molar-refractivity contribution in [1.82, 2.24) is 9.80 Å². The van der Waals surface area contributed by atoms with Gasteiger partial charge in [-0.2, -0.15) is 0 Å². The van der Waals surface area contributed by atoms with Crippen LogP contribution in [0.25, 0.3) is 0 Å². The average molecular weight is 581 g/mol. The number of aliphatic carboxylic acids is 3. The predicted molar refractivity (Wildman–Crippen MR) is 148 cm³/mol. The first-order chi connectivity index (χ1) is 19.2. The minimum Gasteiger partial charge on any atom is -0.497 e. The second kappa shape index (κ2) is 13.5. The van der Waals surface area contributed by atoms with Gasteiger partial charge >= 0.3 is 17.9 Å². The van der Waals surface area contributed by atoms with E-state index in [0.717, 1.165) is 63.5 Å². The molecule has 0 amide bonds. The van der Waals surface area contributed by atoms with Crippen LogP contribution in [0, 0.1) is 5.41 Å². The Labute approximate surface area is 240 Å². The lowest BCUT2D eigenvalue weighted by molar-refractivity contribution is -0.170. The van der Waals surface area contributed by atoms with E-state index in [2.05, 4.69) is 23.6 Å². The van der Waals surface area contributed by atoms with Crippen molar-refractivity contribution >= 4 is 17.9 Å². The van der Waals surface area contributed by atoms with Crippen molar-refractivity contribution in [2.45, 2.75) is 75.7 Å². The molecule has 0 aliphatic carbocycles. The summed E-state index contributed by atoms with van der Waals surface area (Å²) in [5.74, 6) is -4.17. The Kier molecular flexibility index (Phi) is 10.8. The fourth-order valence-corrected chi connectivity index (χ4v) is 6.33. The molecule has 0 spiro atoms. The lowest BCUT2D eigenvalue weighted by Gasteiger charge is -2.47. The molecule has 0 saturated carbocycles. The van der Waals surface area contributed by atoms with Crippen molar-refractivity contribution in [3.63, 3.8) is 0 Å². The molecular formula is C29H44N2O10. The van der Waals surface area contributed by atoms with E-state index in [1.165, 1.54) is 12.8 Å². The molecule has 3 aliphatic heterocycles. The van der Waals surface area contributed by atoms with Gasteiger partial charge in [0.2, 0.25) is 0 Å². The molecule has 4 rings (SSSR count). The fourth-order valence-electron chi connectivity index (χ4n) is 6.33. The van der Waals surface area contributed by atoms with Gasteiger partial charge in [0.15, 0.2) is 5.60 Å².